The van der Waals surface area contributed by atoms with E-state index in [0.717, 1.165) is 29.0 Å². The first-order valence-electron chi connectivity index (χ1n) is 10.8. The van der Waals surface area contributed by atoms with Gasteiger partial charge in [-0.25, -0.2) is 4.98 Å². The van der Waals surface area contributed by atoms with Crippen LogP contribution < -0.4 is 10.1 Å². The van der Waals surface area contributed by atoms with Gasteiger partial charge >= 0.3 is 0 Å². The standard InChI is InChI=1S/C26H26ClN3O2/c1-2-19-7-13-22(14-8-19)32-18-17-30-24-6-4-3-5-23(24)29-25(30)15-16-28-26(31)20-9-11-21(27)12-10-20/h3-14H,2,15-18H2,1H3,(H,28,31). The molecular weight excluding hydrogens is 422 g/mol. The van der Waals surface area contributed by atoms with Gasteiger partial charge in [-0.3, -0.25) is 4.79 Å². The lowest BCUT2D eigenvalue weighted by Crippen LogP contribution is -2.26. The van der Waals surface area contributed by atoms with E-state index in [1.54, 1.807) is 24.3 Å². The second kappa shape index (κ2) is 10.3. The number of carbonyl (C=O) groups is 1. The number of imidazole rings is 1. The molecule has 1 amide bonds. The van der Waals surface area contributed by atoms with Crippen molar-refractivity contribution in [1.82, 2.24) is 14.9 Å². The van der Waals surface area contributed by atoms with Crippen LogP contribution in [-0.2, 0) is 19.4 Å². The van der Waals surface area contributed by atoms with Crippen LogP contribution in [0.1, 0.15) is 28.7 Å². The van der Waals surface area contributed by atoms with Crippen molar-refractivity contribution in [3.8, 4) is 5.75 Å². The number of rotatable bonds is 9. The van der Waals surface area contributed by atoms with Crippen LogP contribution in [0.15, 0.2) is 72.8 Å². The van der Waals surface area contributed by atoms with E-state index in [4.69, 9.17) is 21.3 Å². The van der Waals surface area contributed by atoms with Gasteiger partial charge in [0.05, 0.1) is 17.6 Å². The van der Waals surface area contributed by atoms with Crippen molar-refractivity contribution in [2.24, 2.45) is 0 Å². The summed E-state index contributed by atoms with van der Waals surface area (Å²) in [7, 11) is 0. The molecule has 32 heavy (non-hydrogen) atoms. The van der Waals surface area contributed by atoms with Crippen LogP contribution in [0.25, 0.3) is 11.0 Å². The third-order valence-corrected chi connectivity index (χ3v) is 5.64. The fourth-order valence-corrected chi connectivity index (χ4v) is 3.76. The minimum Gasteiger partial charge on any atom is -0.492 e. The van der Waals surface area contributed by atoms with Crippen LogP contribution in [0.2, 0.25) is 5.02 Å². The number of benzene rings is 3. The predicted octanol–water partition coefficient (Wildman–Crippen LogP) is 5.30. The number of aryl methyl sites for hydroxylation is 1. The zero-order valence-corrected chi connectivity index (χ0v) is 18.8. The van der Waals surface area contributed by atoms with Crippen molar-refractivity contribution in [1.29, 1.82) is 0 Å². The molecular formula is C26H26ClN3O2. The summed E-state index contributed by atoms with van der Waals surface area (Å²) in [6.07, 6.45) is 1.64. The summed E-state index contributed by atoms with van der Waals surface area (Å²) in [5.74, 6) is 1.67. The van der Waals surface area contributed by atoms with E-state index in [-0.39, 0.29) is 5.91 Å². The maximum atomic E-state index is 12.4. The minimum atomic E-state index is -0.122. The van der Waals surface area contributed by atoms with E-state index in [0.29, 0.717) is 36.7 Å². The first kappa shape index (κ1) is 21.9. The Kier molecular flexibility index (Phi) is 7.07. The predicted molar refractivity (Wildman–Crippen MR) is 129 cm³/mol. The molecule has 0 aliphatic rings. The summed E-state index contributed by atoms with van der Waals surface area (Å²) >= 11 is 5.90. The second-order valence-electron chi connectivity index (χ2n) is 7.53. The quantitative estimate of drug-likeness (QED) is 0.378. The van der Waals surface area contributed by atoms with Gasteiger partial charge in [0, 0.05) is 23.6 Å². The first-order chi connectivity index (χ1) is 15.6. The highest BCUT2D eigenvalue weighted by Gasteiger charge is 2.12. The van der Waals surface area contributed by atoms with Gasteiger partial charge in [-0.2, -0.15) is 0 Å². The molecule has 1 heterocycles. The summed E-state index contributed by atoms with van der Waals surface area (Å²) in [4.78, 5) is 17.2. The van der Waals surface area contributed by atoms with E-state index in [2.05, 4.69) is 35.0 Å². The Hall–Kier alpha value is -3.31. The van der Waals surface area contributed by atoms with Crippen LogP contribution in [0.3, 0.4) is 0 Å². The zero-order valence-electron chi connectivity index (χ0n) is 18.1. The van der Waals surface area contributed by atoms with Crippen molar-refractivity contribution >= 4 is 28.5 Å². The van der Waals surface area contributed by atoms with Gasteiger partial charge in [0.2, 0.25) is 0 Å². The minimum absolute atomic E-state index is 0.122. The molecule has 0 aliphatic heterocycles. The Bertz CT molecular complexity index is 1180. The van der Waals surface area contributed by atoms with Gasteiger partial charge < -0.3 is 14.6 Å². The monoisotopic (exact) mass is 447 g/mol. The largest absolute Gasteiger partial charge is 0.492 e. The fraction of sp³-hybridized carbons (Fsp3) is 0.231. The molecule has 0 aliphatic carbocycles. The van der Waals surface area contributed by atoms with Gasteiger partial charge in [0.15, 0.2) is 0 Å². The van der Waals surface area contributed by atoms with E-state index in [9.17, 15) is 4.79 Å². The molecule has 0 saturated carbocycles. The maximum absolute atomic E-state index is 12.4. The molecule has 0 spiro atoms. The molecule has 0 atom stereocenters. The lowest BCUT2D eigenvalue weighted by Gasteiger charge is -2.12. The number of halogens is 1. The van der Waals surface area contributed by atoms with E-state index >= 15 is 0 Å². The van der Waals surface area contributed by atoms with Crippen LogP contribution >= 0.6 is 11.6 Å². The lowest BCUT2D eigenvalue weighted by atomic mass is 10.2. The van der Waals surface area contributed by atoms with Crippen molar-refractivity contribution in [3.63, 3.8) is 0 Å². The number of nitrogens with one attached hydrogen (secondary N) is 1. The van der Waals surface area contributed by atoms with Crippen LogP contribution in [0.4, 0.5) is 0 Å². The molecule has 1 N–H and O–H groups in total. The topological polar surface area (TPSA) is 56.1 Å². The number of amides is 1. The van der Waals surface area contributed by atoms with E-state index < -0.39 is 0 Å². The number of fused-ring (bicyclic) bond motifs is 1. The molecule has 1 aromatic heterocycles. The Morgan fingerprint density at radius 1 is 1.03 bits per heavy atom. The Balaban J connectivity index is 1.40. The Morgan fingerprint density at radius 2 is 1.78 bits per heavy atom. The van der Waals surface area contributed by atoms with E-state index in [1.165, 1.54) is 5.56 Å². The molecule has 0 radical (unpaired) electrons. The van der Waals surface area contributed by atoms with Gasteiger partial charge in [-0.1, -0.05) is 42.8 Å². The van der Waals surface area contributed by atoms with Crippen molar-refractivity contribution in [3.05, 3.63) is 94.8 Å². The molecule has 0 saturated heterocycles. The smallest absolute Gasteiger partial charge is 0.251 e. The van der Waals surface area contributed by atoms with Crippen LogP contribution in [0.5, 0.6) is 5.75 Å². The SMILES string of the molecule is CCc1ccc(OCCn2c(CCNC(=O)c3ccc(Cl)cc3)nc3ccccc32)cc1. The summed E-state index contributed by atoms with van der Waals surface area (Å²) in [6.45, 7) is 3.84. The molecule has 164 valence electrons. The molecule has 0 fully saturated rings. The van der Waals surface area contributed by atoms with Gasteiger partial charge in [0.1, 0.15) is 18.2 Å². The highest BCUT2D eigenvalue weighted by molar-refractivity contribution is 6.30. The fourth-order valence-electron chi connectivity index (χ4n) is 3.63. The Labute approximate surface area is 193 Å². The van der Waals surface area contributed by atoms with Crippen molar-refractivity contribution in [2.75, 3.05) is 13.2 Å². The van der Waals surface area contributed by atoms with Crippen molar-refractivity contribution < 1.29 is 9.53 Å². The maximum Gasteiger partial charge on any atom is 0.251 e. The zero-order chi connectivity index (χ0) is 22.3. The number of nitrogens with zero attached hydrogens (tertiary/aromatic N) is 2. The number of hydrogen-bond acceptors (Lipinski definition) is 3. The molecule has 3 aromatic carbocycles. The highest BCUT2D eigenvalue weighted by atomic mass is 35.5. The van der Waals surface area contributed by atoms with Gasteiger partial charge in [0.25, 0.3) is 5.91 Å². The molecule has 4 rings (SSSR count). The molecule has 4 aromatic rings. The number of ether oxygens (including phenoxy) is 1. The summed E-state index contributed by atoms with van der Waals surface area (Å²) in [5, 5.41) is 3.57. The molecule has 0 bridgehead atoms. The third-order valence-electron chi connectivity index (χ3n) is 5.39. The number of carbonyl (C=O) groups excluding carboxylic acids is 1. The Morgan fingerprint density at radius 3 is 2.53 bits per heavy atom. The third kappa shape index (κ3) is 5.29. The first-order valence-corrected chi connectivity index (χ1v) is 11.2. The number of aromatic nitrogens is 2. The summed E-state index contributed by atoms with van der Waals surface area (Å²) in [6, 6.07) is 23.1. The van der Waals surface area contributed by atoms with Crippen LogP contribution in [0, 0.1) is 0 Å². The highest BCUT2D eigenvalue weighted by Crippen LogP contribution is 2.18. The number of hydrogen-bond donors (Lipinski definition) is 1. The average Bonchev–Trinajstić information content (AvgIpc) is 3.17. The van der Waals surface area contributed by atoms with Crippen LogP contribution in [-0.4, -0.2) is 28.6 Å². The number of para-hydroxylation sites is 2. The summed E-state index contributed by atoms with van der Waals surface area (Å²) in [5.41, 5.74) is 3.89. The lowest BCUT2D eigenvalue weighted by molar-refractivity contribution is 0.0954. The normalized spacial score (nSPS) is 10.9. The van der Waals surface area contributed by atoms with Gasteiger partial charge in [-0.05, 0) is 60.5 Å². The second-order valence-corrected chi connectivity index (χ2v) is 7.96. The molecule has 6 heteroatoms. The van der Waals surface area contributed by atoms with E-state index in [1.807, 2.05) is 30.3 Å². The molecule has 0 unspecified atom stereocenters. The van der Waals surface area contributed by atoms with Gasteiger partial charge in [-0.15, -0.1) is 0 Å². The molecule has 5 nitrogen and oxygen atoms in total. The van der Waals surface area contributed by atoms with Crippen molar-refractivity contribution in [2.45, 2.75) is 26.3 Å². The summed E-state index contributed by atoms with van der Waals surface area (Å²) < 4.78 is 8.13. The average molecular weight is 448 g/mol.